The zero-order valence-corrected chi connectivity index (χ0v) is 10.9. The Morgan fingerprint density at radius 1 is 1.53 bits per heavy atom. The molecule has 1 aromatic carbocycles. The fourth-order valence-corrected chi connectivity index (χ4v) is 2.27. The molecule has 17 heavy (non-hydrogen) atoms. The Kier molecular flexibility index (Phi) is 3.92. The average Bonchev–Trinajstić information content (AvgIpc) is 2.32. The highest BCUT2D eigenvalue weighted by Crippen LogP contribution is 2.22. The van der Waals surface area contributed by atoms with E-state index in [4.69, 9.17) is 22.1 Å². The second-order valence-electron chi connectivity index (χ2n) is 4.93. The quantitative estimate of drug-likeness (QED) is 0.815. The Morgan fingerprint density at radius 3 is 3.00 bits per heavy atom. The Morgan fingerprint density at radius 2 is 2.35 bits per heavy atom. The largest absolute Gasteiger partial charge is 0.398 e. The van der Waals surface area contributed by atoms with Gasteiger partial charge in [0, 0.05) is 18.7 Å². The van der Waals surface area contributed by atoms with Gasteiger partial charge in [0.2, 0.25) is 0 Å². The zero-order chi connectivity index (χ0) is 12.3. The van der Waals surface area contributed by atoms with E-state index in [9.17, 15) is 0 Å². The molecule has 3 nitrogen and oxygen atoms in total. The molecule has 0 spiro atoms. The smallest absolute Gasteiger partial charge is 0.0645 e. The third-order valence-electron chi connectivity index (χ3n) is 3.22. The monoisotopic (exact) mass is 254 g/mol. The molecule has 1 aliphatic rings. The molecule has 1 saturated heterocycles. The molecule has 1 fully saturated rings. The molecule has 0 radical (unpaired) electrons. The third-order valence-corrected chi connectivity index (χ3v) is 3.55. The van der Waals surface area contributed by atoms with Crippen molar-refractivity contribution in [2.45, 2.75) is 31.8 Å². The first-order chi connectivity index (χ1) is 8.09. The number of ether oxygens (including phenoxy) is 1. The Labute approximate surface area is 107 Å². The highest BCUT2D eigenvalue weighted by molar-refractivity contribution is 6.33. The topological polar surface area (TPSA) is 47.3 Å². The van der Waals surface area contributed by atoms with Crippen molar-refractivity contribution < 1.29 is 4.74 Å². The molecule has 1 unspecified atom stereocenters. The summed E-state index contributed by atoms with van der Waals surface area (Å²) >= 11 is 5.99. The van der Waals surface area contributed by atoms with Crippen molar-refractivity contribution in [3.63, 3.8) is 0 Å². The zero-order valence-electron chi connectivity index (χ0n) is 10.1. The van der Waals surface area contributed by atoms with Gasteiger partial charge in [-0.05, 0) is 37.5 Å². The standard InChI is InChI=1S/C13H19ClN2O/c1-13(5-2-6-17-9-13)16-8-10-3-4-12(15)11(14)7-10/h3-4,7,16H,2,5-6,8-9,15H2,1H3. The van der Waals surface area contributed by atoms with Crippen LogP contribution in [0.1, 0.15) is 25.3 Å². The summed E-state index contributed by atoms with van der Waals surface area (Å²) in [5, 5.41) is 4.16. The Bertz CT molecular complexity index is 389. The SMILES string of the molecule is CC1(NCc2ccc(N)c(Cl)c2)CCCOC1. The predicted octanol–water partition coefficient (Wildman–Crippen LogP) is 2.58. The Balaban J connectivity index is 1.94. The number of halogens is 1. The molecule has 1 heterocycles. The molecule has 2 rings (SSSR count). The van der Waals surface area contributed by atoms with Gasteiger partial charge in [-0.2, -0.15) is 0 Å². The highest BCUT2D eigenvalue weighted by atomic mass is 35.5. The molecule has 1 atom stereocenters. The molecule has 4 heteroatoms. The lowest BCUT2D eigenvalue weighted by Crippen LogP contribution is -2.48. The van der Waals surface area contributed by atoms with Crippen LogP contribution in [0.3, 0.4) is 0 Å². The minimum Gasteiger partial charge on any atom is -0.398 e. The van der Waals surface area contributed by atoms with Crippen molar-refractivity contribution in [2.75, 3.05) is 18.9 Å². The van der Waals surface area contributed by atoms with Gasteiger partial charge < -0.3 is 15.8 Å². The second kappa shape index (κ2) is 5.25. The van der Waals surface area contributed by atoms with Crippen LogP contribution < -0.4 is 11.1 Å². The lowest BCUT2D eigenvalue weighted by molar-refractivity contribution is 0.0278. The molecule has 0 aliphatic carbocycles. The first-order valence-electron chi connectivity index (χ1n) is 5.96. The summed E-state index contributed by atoms with van der Waals surface area (Å²) in [4.78, 5) is 0. The highest BCUT2D eigenvalue weighted by Gasteiger charge is 2.26. The molecule has 1 aromatic rings. The number of anilines is 1. The number of nitrogen functional groups attached to an aromatic ring is 1. The van der Waals surface area contributed by atoms with Crippen LogP contribution >= 0.6 is 11.6 Å². The number of nitrogens with one attached hydrogen (secondary N) is 1. The number of rotatable bonds is 3. The van der Waals surface area contributed by atoms with E-state index in [1.807, 2.05) is 18.2 Å². The van der Waals surface area contributed by atoms with Crippen LogP contribution in [0.5, 0.6) is 0 Å². The van der Waals surface area contributed by atoms with Crippen LogP contribution in [0.4, 0.5) is 5.69 Å². The molecule has 1 aliphatic heterocycles. The van der Waals surface area contributed by atoms with Crippen LogP contribution in [0.2, 0.25) is 5.02 Å². The summed E-state index contributed by atoms with van der Waals surface area (Å²) in [6.07, 6.45) is 2.27. The molecule has 3 N–H and O–H groups in total. The number of hydrogen-bond donors (Lipinski definition) is 2. The molecule has 0 saturated carbocycles. The van der Waals surface area contributed by atoms with Gasteiger partial charge in [-0.15, -0.1) is 0 Å². The second-order valence-corrected chi connectivity index (χ2v) is 5.33. The first-order valence-corrected chi connectivity index (χ1v) is 6.34. The minimum atomic E-state index is 0.0755. The van der Waals surface area contributed by atoms with Crippen molar-refractivity contribution in [2.24, 2.45) is 0 Å². The summed E-state index contributed by atoms with van der Waals surface area (Å²) < 4.78 is 5.51. The normalized spacial score (nSPS) is 24.8. The summed E-state index contributed by atoms with van der Waals surface area (Å²) in [5.74, 6) is 0. The molecular weight excluding hydrogens is 236 g/mol. The lowest BCUT2D eigenvalue weighted by atomic mass is 9.94. The van der Waals surface area contributed by atoms with Crippen molar-refractivity contribution in [3.8, 4) is 0 Å². The fraction of sp³-hybridized carbons (Fsp3) is 0.538. The maximum absolute atomic E-state index is 5.99. The van der Waals surface area contributed by atoms with E-state index in [-0.39, 0.29) is 5.54 Å². The van der Waals surface area contributed by atoms with Gasteiger partial charge in [0.15, 0.2) is 0 Å². The Hall–Kier alpha value is -0.770. The van der Waals surface area contributed by atoms with E-state index in [1.54, 1.807) is 0 Å². The summed E-state index contributed by atoms with van der Waals surface area (Å²) in [5.41, 5.74) is 7.53. The summed E-state index contributed by atoms with van der Waals surface area (Å²) in [6, 6.07) is 5.76. The van der Waals surface area contributed by atoms with Crippen LogP contribution in [0, 0.1) is 0 Å². The minimum absolute atomic E-state index is 0.0755. The number of benzene rings is 1. The third kappa shape index (κ3) is 3.35. The van der Waals surface area contributed by atoms with Crippen LogP contribution in [-0.2, 0) is 11.3 Å². The van der Waals surface area contributed by atoms with E-state index >= 15 is 0 Å². The molecule has 0 bridgehead atoms. The molecule has 94 valence electrons. The van der Waals surface area contributed by atoms with Crippen molar-refractivity contribution >= 4 is 17.3 Å². The molecule has 0 amide bonds. The summed E-state index contributed by atoms with van der Waals surface area (Å²) in [6.45, 7) is 4.64. The van der Waals surface area contributed by atoms with Gasteiger partial charge in [-0.25, -0.2) is 0 Å². The maximum atomic E-state index is 5.99. The first kappa shape index (κ1) is 12.7. The van der Waals surface area contributed by atoms with Gasteiger partial charge in [0.05, 0.1) is 17.3 Å². The van der Waals surface area contributed by atoms with E-state index in [1.165, 1.54) is 0 Å². The molecular formula is C13H19ClN2O. The van der Waals surface area contributed by atoms with Crippen molar-refractivity contribution in [3.05, 3.63) is 28.8 Å². The molecule has 0 aromatic heterocycles. The van der Waals surface area contributed by atoms with Crippen LogP contribution in [0.25, 0.3) is 0 Å². The maximum Gasteiger partial charge on any atom is 0.0645 e. The van der Waals surface area contributed by atoms with E-state index < -0.39 is 0 Å². The van der Waals surface area contributed by atoms with Gasteiger partial charge in [-0.1, -0.05) is 17.7 Å². The van der Waals surface area contributed by atoms with Crippen molar-refractivity contribution in [1.29, 1.82) is 0 Å². The van der Waals surface area contributed by atoms with Gasteiger partial charge in [0.25, 0.3) is 0 Å². The van der Waals surface area contributed by atoms with E-state index in [0.717, 1.165) is 38.2 Å². The van der Waals surface area contributed by atoms with Gasteiger partial charge in [-0.3, -0.25) is 0 Å². The predicted molar refractivity (Wildman–Crippen MR) is 71.2 cm³/mol. The van der Waals surface area contributed by atoms with E-state index in [2.05, 4.69) is 12.2 Å². The fourth-order valence-electron chi connectivity index (χ4n) is 2.07. The van der Waals surface area contributed by atoms with E-state index in [0.29, 0.717) is 10.7 Å². The van der Waals surface area contributed by atoms with Crippen molar-refractivity contribution in [1.82, 2.24) is 5.32 Å². The van der Waals surface area contributed by atoms with Gasteiger partial charge >= 0.3 is 0 Å². The average molecular weight is 255 g/mol. The number of nitrogens with two attached hydrogens (primary N) is 1. The lowest BCUT2D eigenvalue weighted by Gasteiger charge is -2.34. The van der Waals surface area contributed by atoms with Crippen LogP contribution in [-0.4, -0.2) is 18.8 Å². The number of hydrogen-bond acceptors (Lipinski definition) is 3. The van der Waals surface area contributed by atoms with Gasteiger partial charge in [0.1, 0.15) is 0 Å². The van der Waals surface area contributed by atoms with Crippen LogP contribution in [0.15, 0.2) is 18.2 Å². The summed E-state index contributed by atoms with van der Waals surface area (Å²) in [7, 11) is 0.